The van der Waals surface area contributed by atoms with Gasteiger partial charge >= 0.3 is 0 Å². The second-order valence-electron chi connectivity index (χ2n) is 10.6. The lowest BCUT2D eigenvalue weighted by atomic mass is 9.90. The monoisotopic (exact) mass is 539 g/mol. The van der Waals surface area contributed by atoms with E-state index in [1.165, 1.54) is 36.6 Å². The van der Waals surface area contributed by atoms with Gasteiger partial charge in [0.1, 0.15) is 17.4 Å². The van der Waals surface area contributed by atoms with Gasteiger partial charge in [-0.15, -0.1) is 0 Å². The summed E-state index contributed by atoms with van der Waals surface area (Å²) in [6.07, 6.45) is 7.73. The number of nitrogens with zero attached hydrogens (tertiary/aromatic N) is 4. The van der Waals surface area contributed by atoms with Crippen LogP contribution in [0.2, 0.25) is 0 Å². The summed E-state index contributed by atoms with van der Waals surface area (Å²) < 4.78 is 8.39. The predicted molar refractivity (Wildman–Crippen MR) is 160 cm³/mol. The van der Waals surface area contributed by atoms with Crippen molar-refractivity contribution in [3.8, 4) is 5.75 Å². The summed E-state index contributed by atoms with van der Waals surface area (Å²) in [4.78, 5) is 17.5. The third kappa shape index (κ3) is 4.82. The molecule has 39 heavy (non-hydrogen) atoms. The van der Waals surface area contributed by atoms with Gasteiger partial charge in [0.2, 0.25) is 5.17 Å². The summed E-state index contributed by atoms with van der Waals surface area (Å²) in [7, 11) is 0. The van der Waals surface area contributed by atoms with E-state index in [0.29, 0.717) is 24.2 Å². The average Bonchev–Trinajstić information content (AvgIpc) is 3.48. The van der Waals surface area contributed by atoms with Gasteiger partial charge in [0.15, 0.2) is 5.84 Å². The quantitative estimate of drug-likeness (QED) is 0.348. The van der Waals surface area contributed by atoms with Gasteiger partial charge in [-0.25, -0.2) is 0 Å². The number of amides is 1. The molecule has 3 heterocycles. The molecule has 0 unspecified atom stereocenters. The number of hydrogen-bond acceptors (Lipinski definition) is 5. The first-order valence-corrected chi connectivity index (χ1v) is 14.5. The van der Waals surface area contributed by atoms with Crippen LogP contribution in [0.1, 0.15) is 54.5 Å². The van der Waals surface area contributed by atoms with Crippen molar-refractivity contribution in [3.63, 3.8) is 0 Å². The maximum atomic E-state index is 13.2. The van der Waals surface area contributed by atoms with E-state index in [2.05, 4.69) is 60.7 Å². The van der Waals surface area contributed by atoms with E-state index < -0.39 is 0 Å². The highest BCUT2D eigenvalue weighted by Gasteiger charge is 2.38. The number of hydrogen-bond donors (Lipinski definition) is 1. The van der Waals surface area contributed by atoms with Crippen LogP contribution in [0.5, 0.6) is 5.75 Å². The van der Waals surface area contributed by atoms with Crippen LogP contribution < -0.4 is 4.74 Å². The molecular weight excluding hydrogens is 506 g/mol. The number of aromatic nitrogens is 1. The molecule has 2 aromatic carbocycles. The van der Waals surface area contributed by atoms with E-state index in [-0.39, 0.29) is 17.3 Å². The molecule has 1 saturated carbocycles. The predicted octanol–water partition coefficient (Wildman–Crippen LogP) is 6.85. The number of rotatable bonds is 6. The summed E-state index contributed by atoms with van der Waals surface area (Å²) in [5, 5.41) is 17.7. The van der Waals surface area contributed by atoms with E-state index in [1.807, 2.05) is 18.2 Å². The molecule has 7 nitrogen and oxygen atoms in total. The number of fused-ring (bicyclic) bond motifs is 2. The molecule has 0 bridgehead atoms. The lowest BCUT2D eigenvalue weighted by molar-refractivity contribution is -0.114. The minimum atomic E-state index is -0.381. The van der Waals surface area contributed by atoms with Gasteiger partial charge in [-0.1, -0.05) is 49.6 Å². The number of benzene rings is 2. The number of carbonyl (C=O) groups excluding carboxylic acids is 1. The average molecular weight is 540 g/mol. The first kappa shape index (κ1) is 25.6. The molecule has 1 fully saturated rings. The third-order valence-electron chi connectivity index (χ3n) is 7.91. The summed E-state index contributed by atoms with van der Waals surface area (Å²) in [6.45, 7) is 7.36. The maximum absolute atomic E-state index is 13.2. The van der Waals surface area contributed by atoms with Crippen LogP contribution in [0.15, 0.2) is 58.1 Å². The zero-order valence-electron chi connectivity index (χ0n) is 22.7. The van der Waals surface area contributed by atoms with Crippen LogP contribution >= 0.6 is 11.8 Å². The summed E-state index contributed by atoms with van der Waals surface area (Å²) in [5.41, 5.74) is 5.57. The second kappa shape index (κ2) is 10.5. The number of ether oxygens (including phenoxy) is 1. The first-order valence-electron chi connectivity index (χ1n) is 13.7. The molecular formula is C31H33N5O2S. The minimum absolute atomic E-state index is 0.0952. The van der Waals surface area contributed by atoms with Crippen LogP contribution in [0.3, 0.4) is 0 Å². The van der Waals surface area contributed by atoms with E-state index in [9.17, 15) is 4.79 Å². The molecule has 3 aromatic rings. The van der Waals surface area contributed by atoms with Crippen LogP contribution in [0.25, 0.3) is 17.0 Å². The molecule has 6 rings (SSSR count). The molecule has 200 valence electrons. The normalized spacial score (nSPS) is 19.1. The molecule has 2 aliphatic heterocycles. The second-order valence-corrected chi connectivity index (χ2v) is 11.6. The van der Waals surface area contributed by atoms with E-state index in [4.69, 9.17) is 15.2 Å². The molecule has 1 N–H and O–H groups in total. The molecule has 1 aliphatic carbocycles. The number of aliphatic imine (C=N–C) groups is 1. The lowest BCUT2D eigenvalue weighted by Crippen LogP contribution is -2.35. The number of amidine groups is 2. The van der Waals surface area contributed by atoms with Gasteiger partial charge in [-0.05, 0) is 74.7 Å². The standard InChI is InChI=1S/C31H33N5O2S/c1-19-13-14-20(2)27(17-19)38-16-15-35-21(3)24(23-11-7-8-12-26(23)35)18-25-28(32)36-31(33-29(25)37)39-30(34-36)22-9-5-4-6-10-22/h7-8,11-14,17-18,22,32H,4-6,9-10,15-16H2,1-3H3/b25-18-,32-28?. The Morgan fingerprint density at radius 3 is 2.72 bits per heavy atom. The Hall–Kier alpha value is -3.65. The van der Waals surface area contributed by atoms with E-state index >= 15 is 0 Å². The van der Waals surface area contributed by atoms with Crippen LogP contribution in [0, 0.1) is 32.1 Å². The molecule has 0 atom stereocenters. The smallest absolute Gasteiger partial charge is 0.283 e. The Bertz CT molecular complexity index is 1580. The Morgan fingerprint density at radius 2 is 1.90 bits per heavy atom. The molecule has 1 aromatic heterocycles. The van der Waals surface area contributed by atoms with E-state index in [1.54, 1.807) is 5.01 Å². The fourth-order valence-electron chi connectivity index (χ4n) is 5.70. The fraction of sp³-hybridized carbons (Fsp3) is 0.355. The van der Waals surface area contributed by atoms with Crippen LogP contribution in [0.4, 0.5) is 0 Å². The number of hydrazone groups is 1. The van der Waals surface area contributed by atoms with Gasteiger partial charge in [0.05, 0.1) is 12.1 Å². The van der Waals surface area contributed by atoms with Crippen molar-refractivity contribution in [2.45, 2.75) is 59.4 Å². The van der Waals surface area contributed by atoms with Crippen LogP contribution in [-0.2, 0) is 11.3 Å². The Kier molecular flexibility index (Phi) is 6.89. The zero-order chi connectivity index (χ0) is 27.1. The zero-order valence-corrected chi connectivity index (χ0v) is 23.5. The van der Waals surface area contributed by atoms with E-state index in [0.717, 1.165) is 51.4 Å². The van der Waals surface area contributed by atoms with Gasteiger partial charge in [-0.2, -0.15) is 15.1 Å². The Labute approximate surface area is 233 Å². The number of thioether (sulfide) groups is 1. The molecule has 8 heteroatoms. The van der Waals surface area contributed by atoms with Gasteiger partial charge in [0, 0.05) is 28.1 Å². The van der Waals surface area contributed by atoms with Crippen molar-refractivity contribution in [1.82, 2.24) is 9.58 Å². The highest BCUT2D eigenvalue weighted by Crippen LogP contribution is 2.37. The van der Waals surface area contributed by atoms with Crippen molar-refractivity contribution in [1.29, 1.82) is 5.41 Å². The molecule has 1 amide bonds. The number of para-hydroxylation sites is 1. The van der Waals surface area contributed by atoms with Crippen molar-refractivity contribution >= 4 is 50.7 Å². The summed E-state index contributed by atoms with van der Waals surface area (Å²) >= 11 is 1.45. The molecule has 0 spiro atoms. The number of nitrogens with one attached hydrogen (secondary N) is 1. The third-order valence-corrected chi connectivity index (χ3v) is 8.98. The molecule has 3 aliphatic rings. The van der Waals surface area contributed by atoms with Gasteiger partial charge in [0.25, 0.3) is 5.91 Å². The minimum Gasteiger partial charge on any atom is -0.491 e. The van der Waals surface area contributed by atoms with Crippen molar-refractivity contribution in [2.24, 2.45) is 16.0 Å². The topological polar surface area (TPSA) is 83.0 Å². The van der Waals surface area contributed by atoms with Gasteiger partial charge in [-0.3, -0.25) is 10.2 Å². The highest BCUT2D eigenvalue weighted by atomic mass is 32.2. The SMILES string of the molecule is Cc1ccc(C)c(OCCn2c(C)c(/C=C3/C(=N)N4N=C(C5CCCCC5)SC4=NC3=O)c3ccccc32)c1. The van der Waals surface area contributed by atoms with Crippen molar-refractivity contribution in [3.05, 3.63) is 70.4 Å². The maximum Gasteiger partial charge on any atom is 0.283 e. The Morgan fingerprint density at radius 1 is 1.10 bits per heavy atom. The molecule has 0 saturated heterocycles. The first-order chi connectivity index (χ1) is 18.9. The van der Waals surface area contributed by atoms with Crippen molar-refractivity contribution in [2.75, 3.05) is 6.61 Å². The fourth-order valence-corrected chi connectivity index (χ4v) is 6.76. The Balaban J connectivity index is 1.29. The summed E-state index contributed by atoms with van der Waals surface area (Å²) in [5.74, 6) is 1.02. The largest absolute Gasteiger partial charge is 0.491 e. The van der Waals surface area contributed by atoms with Gasteiger partial charge < -0.3 is 9.30 Å². The van der Waals surface area contributed by atoms with Crippen LogP contribution in [-0.4, -0.2) is 38.1 Å². The van der Waals surface area contributed by atoms with Crippen molar-refractivity contribution < 1.29 is 9.53 Å². The highest BCUT2D eigenvalue weighted by molar-refractivity contribution is 8.27. The lowest BCUT2D eigenvalue weighted by Gasteiger charge is -2.20. The summed E-state index contributed by atoms with van der Waals surface area (Å²) in [6, 6.07) is 14.4. The number of carbonyl (C=O) groups is 1. The molecule has 0 radical (unpaired) electrons. The number of aryl methyl sites for hydroxylation is 2.